The van der Waals surface area contributed by atoms with Crippen LogP contribution in [-0.2, 0) is 4.74 Å². The molecule has 1 aliphatic heterocycles. The summed E-state index contributed by atoms with van der Waals surface area (Å²) in [6, 6.07) is 6.07. The summed E-state index contributed by atoms with van der Waals surface area (Å²) in [5, 5.41) is 5.26. The van der Waals surface area contributed by atoms with Crippen molar-refractivity contribution in [3.05, 3.63) is 24.3 Å². The molecule has 1 heterocycles. The van der Waals surface area contributed by atoms with E-state index in [-0.39, 0.29) is 6.10 Å². The molecule has 0 bridgehead atoms. The van der Waals surface area contributed by atoms with Gasteiger partial charge in [0.1, 0.15) is 0 Å². The van der Waals surface area contributed by atoms with E-state index in [9.17, 15) is 13.6 Å². The van der Waals surface area contributed by atoms with Gasteiger partial charge in [0.2, 0.25) is 0 Å². The fourth-order valence-corrected chi connectivity index (χ4v) is 2.54. The number of anilines is 1. The molecule has 1 fully saturated rings. The number of para-hydroxylation sites is 1. The molecule has 110 valence electrons. The fourth-order valence-electron chi connectivity index (χ4n) is 1.95. The standard InChI is InChI=1S/C13H16F2N2O2S/c14-12(15)20-11-6-2-1-5-10(11)17-13(18)16-8-9-4-3-7-19-9/h1-2,5-6,9,12H,3-4,7-8H2,(H2,16,17,18)/t9-/m0/s1. The van der Waals surface area contributed by atoms with Crippen LogP contribution in [0.5, 0.6) is 0 Å². The van der Waals surface area contributed by atoms with Gasteiger partial charge in [-0.25, -0.2) is 4.79 Å². The van der Waals surface area contributed by atoms with Crippen molar-refractivity contribution in [2.24, 2.45) is 0 Å². The van der Waals surface area contributed by atoms with Gasteiger partial charge in [0.25, 0.3) is 5.76 Å². The number of alkyl halides is 2. The van der Waals surface area contributed by atoms with E-state index in [0.29, 0.717) is 28.9 Å². The van der Waals surface area contributed by atoms with E-state index >= 15 is 0 Å². The van der Waals surface area contributed by atoms with Gasteiger partial charge >= 0.3 is 6.03 Å². The molecule has 1 saturated heterocycles. The number of rotatable bonds is 5. The number of thioether (sulfide) groups is 1. The van der Waals surface area contributed by atoms with Gasteiger partial charge in [-0.3, -0.25) is 0 Å². The second-order valence-corrected chi connectivity index (χ2v) is 5.38. The zero-order chi connectivity index (χ0) is 14.4. The van der Waals surface area contributed by atoms with Crippen LogP contribution in [0.1, 0.15) is 12.8 Å². The Hall–Kier alpha value is -1.34. The Kier molecular flexibility index (Phi) is 5.60. The number of carbonyl (C=O) groups excluding carboxylic acids is 1. The molecule has 0 radical (unpaired) electrons. The van der Waals surface area contributed by atoms with E-state index in [2.05, 4.69) is 10.6 Å². The first-order chi connectivity index (χ1) is 9.65. The average molecular weight is 302 g/mol. The molecule has 7 heteroatoms. The van der Waals surface area contributed by atoms with Crippen LogP contribution < -0.4 is 10.6 Å². The van der Waals surface area contributed by atoms with Gasteiger partial charge in [-0.2, -0.15) is 8.78 Å². The van der Waals surface area contributed by atoms with Crippen LogP contribution in [-0.4, -0.2) is 31.0 Å². The minimum atomic E-state index is -2.52. The first kappa shape index (κ1) is 15.1. The summed E-state index contributed by atoms with van der Waals surface area (Å²) in [6.07, 6.45) is 1.98. The second kappa shape index (κ2) is 7.44. The van der Waals surface area contributed by atoms with Gasteiger partial charge < -0.3 is 15.4 Å². The Morgan fingerprint density at radius 3 is 2.95 bits per heavy atom. The zero-order valence-corrected chi connectivity index (χ0v) is 11.6. The number of carbonyl (C=O) groups is 1. The zero-order valence-electron chi connectivity index (χ0n) is 10.8. The highest BCUT2D eigenvalue weighted by Gasteiger charge is 2.17. The summed E-state index contributed by atoms with van der Waals surface area (Å²) >= 11 is 0.410. The van der Waals surface area contributed by atoms with Crippen molar-refractivity contribution in [2.45, 2.75) is 29.6 Å². The number of hydrogen-bond acceptors (Lipinski definition) is 3. The Morgan fingerprint density at radius 1 is 1.45 bits per heavy atom. The topological polar surface area (TPSA) is 50.4 Å². The Labute approximate surface area is 120 Å². The summed E-state index contributed by atoms with van der Waals surface area (Å²) in [5.41, 5.74) is 0.377. The number of benzene rings is 1. The first-order valence-corrected chi connectivity index (χ1v) is 7.23. The number of ether oxygens (including phenoxy) is 1. The number of urea groups is 1. The molecular formula is C13H16F2N2O2S. The van der Waals surface area contributed by atoms with E-state index in [0.717, 1.165) is 19.4 Å². The lowest BCUT2D eigenvalue weighted by atomic mass is 10.2. The van der Waals surface area contributed by atoms with Crippen molar-refractivity contribution in [2.75, 3.05) is 18.5 Å². The monoisotopic (exact) mass is 302 g/mol. The summed E-state index contributed by atoms with van der Waals surface area (Å²) < 4.78 is 30.2. The molecule has 2 N–H and O–H groups in total. The predicted octanol–water partition coefficient (Wildman–Crippen LogP) is 3.30. The molecule has 1 aromatic rings. The normalized spacial score (nSPS) is 18.2. The quantitative estimate of drug-likeness (QED) is 0.821. The SMILES string of the molecule is O=C(NC[C@@H]1CCCO1)Nc1ccccc1SC(F)F. The predicted molar refractivity (Wildman–Crippen MR) is 74.3 cm³/mol. The highest BCUT2D eigenvalue weighted by atomic mass is 32.2. The molecule has 1 aliphatic rings. The van der Waals surface area contributed by atoms with Gasteiger partial charge in [0, 0.05) is 18.0 Å². The van der Waals surface area contributed by atoms with Gasteiger partial charge in [-0.1, -0.05) is 23.9 Å². The Bertz CT molecular complexity index is 454. The van der Waals surface area contributed by atoms with Gasteiger partial charge in [0.05, 0.1) is 11.8 Å². The van der Waals surface area contributed by atoms with Crippen LogP contribution in [0.3, 0.4) is 0 Å². The van der Waals surface area contributed by atoms with Gasteiger partial charge in [-0.15, -0.1) is 0 Å². The van der Waals surface area contributed by atoms with Crippen molar-refractivity contribution in [3.63, 3.8) is 0 Å². The molecule has 20 heavy (non-hydrogen) atoms. The van der Waals surface area contributed by atoms with Crippen molar-refractivity contribution in [3.8, 4) is 0 Å². The third-order valence-corrected chi connectivity index (χ3v) is 3.65. The molecule has 1 aromatic carbocycles. The smallest absolute Gasteiger partial charge is 0.319 e. The molecule has 0 spiro atoms. The summed E-state index contributed by atoms with van der Waals surface area (Å²) in [4.78, 5) is 12.1. The summed E-state index contributed by atoms with van der Waals surface area (Å²) in [6.45, 7) is 1.15. The van der Waals surface area contributed by atoms with E-state index in [1.807, 2.05) is 0 Å². The number of halogens is 2. The van der Waals surface area contributed by atoms with Crippen LogP contribution in [0.4, 0.5) is 19.3 Å². The molecule has 4 nitrogen and oxygen atoms in total. The molecule has 2 rings (SSSR count). The minimum Gasteiger partial charge on any atom is -0.376 e. The Balaban J connectivity index is 1.86. The van der Waals surface area contributed by atoms with Gasteiger partial charge in [-0.05, 0) is 25.0 Å². The van der Waals surface area contributed by atoms with E-state index in [4.69, 9.17) is 4.74 Å². The number of amides is 2. The number of hydrogen-bond donors (Lipinski definition) is 2. The van der Waals surface area contributed by atoms with Crippen molar-refractivity contribution < 1.29 is 18.3 Å². The fraction of sp³-hybridized carbons (Fsp3) is 0.462. The van der Waals surface area contributed by atoms with E-state index in [1.165, 1.54) is 0 Å². The molecule has 0 unspecified atom stereocenters. The molecule has 1 atom stereocenters. The summed E-state index contributed by atoms with van der Waals surface area (Å²) in [5.74, 6) is -2.52. The summed E-state index contributed by atoms with van der Waals surface area (Å²) in [7, 11) is 0. The van der Waals surface area contributed by atoms with Crippen molar-refractivity contribution >= 4 is 23.5 Å². The largest absolute Gasteiger partial charge is 0.376 e. The molecular weight excluding hydrogens is 286 g/mol. The van der Waals surface area contributed by atoms with Crippen molar-refractivity contribution in [1.82, 2.24) is 5.32 Å². The van der Waals surface area contributed by atoms with Crippen LogP contribution in [0.2, 0.25) is 0 Å². The van der Waals surface area contributed by atoms with E-state index in [1.54, 1.807) is 24.3 Å². The molecule has 2 amide bonds. The van der Waals surface area contributed by atoms with Crippen LogP contribution in [0.25, 0.3) is 0 Å². The minimum absolute atomic E-state index is 0.0476. The third-order valence-electron chi connectivity index (χ3n) is 2.87. The van der Waals surface area contributed by atoms with Crippen LogP contribution in [0.15, 0.2) is 29.2 Å². The molecule has 0 aromatic heterocycles. The lowest BCUT2D eigenvalue weighted by Crippen LogP contribution is -2.35. The lowest BCUT2D eigenvalue weighted by Gasteiger charge is -2.13. The van der Waals surface area contributed by atoms with Crippen LogP contribution >= 0.6 is 11.8 Å². The molecule has 0 saturated carbocycles. The lowest BCUT2D eigenvalue weighted by molar-refractivity contribution is 0.112. The average Bonchev–Trinajstić information content (AvgIpc) is 2.91. The maximum atomic E-state index is 12.4. The Morgan fingerprint density at radius 2 is 2.25 bits per heavy atom. The van der Waals surface area contributed by atoms with Crippen LogP contribution in [0, 0.1) is 0 Å². The number of nitrogens with one attached hydrogen (secondary N) is 2. The highest BCUT2D eigenvalue weighted by molar-refractivity contribution is 7.99. The maximum absolute atomic E-state index is 12.4. The van der Waals surface area contributed by atoms with Crippen molar-refractivity contribution in [1.29, 1.82) is 0 Å². The van der Waals surface area contributed by atoms with Gasteiger partial charge in [0.15, 0.2) is 0 Å². The third kappa shape index (κ3) is 4.64. The van der Waals surface area contributed by atoms with E-state index < -0.39 is 11.8 Å². The maximum Gasteiger partial charge on any atom is 0.319 e. The molecule has 0 aliphatic carbocycles. The first-order valence-electron chi connectivity index (χ1n) is 6.35. The second-order valence-electron chi connectivity index (χ2n) is 4.34. The highest BCUT2D eigenvalue weighted by Crippen LogP contribution is 2.31.